The van der Waals surface area contributed by atoms with Crippen LogP contribution in [-0.2, 0) is 4.74 Å². The van der Waals surface area contributed by atoms with E-state index < -0.39 is 0 Å². The molecule has 23 heavy (non-hydrogen) atoms. The summed E-state index contributed by atoms with van der Waals surface area (Å²) in [6, 6.07) is 21.8. The highest BCUT2D eigenvalue weighted by Gasteiger charge is 2.22. The van der Waals surface area contributed by atoms with Crippen molar-refractivity contribution in [3.8, 4) is 11.4 Å². The first-order valence-electron chi connectivity index (χ1n) is 7.54. The van der Waals surface area contributed by atoms with Gasteiger partial charge in [-0.1, -0.05) is 42.5 Å². The topological polar surface area (TPSA) is 47.4 Å². The minimum Gasteiger partial charge on any atom is -0.474 e. The molecule has 3 heterocycles. The molecule has 1 aliphatic rings. The Morgan fingerprint density at radius 1 is 0.783 bits per heavy atom. The van der Waals surface area contributed by atoms with Gasteiger partial charge in [0, 0.05) is 6.20 Å². The van der Waals surface area contributed by atoms with E-state index in [-0.39, 0.29) is 6.04 Å². The summed E-state index contributed by atoms with van der Waals surface area (Å²) in [7, 11) is 0. The minimum atomic E-state index is 0.0338. The molecule has 1 atom stereocenters. The van der Waals surface area contributed by atoms with E-state index in [0.717, 1.165) is 22.6 Å². The van der Waals surface area contributed by atoms with E-state index in [1.807, 2.05) is 54.6 Å². The second kappa shape index (κ2) is 6.01. The Hall–Kier alpha value is -3.01. The summed E-state index contributed by atoms with van der Waals surface area (Å²) in [6.07, 6.45) is 1.76. The highest BCUT2D eigenvalue weighted by molar-refractivity contribution is 5.93. The summed E-state index contributed by atoms with van der Waals surface area (Å²) < 4.78 is 5.76. The second-order valence-electron chi connectivity index (χ2n) is 5.29. The van der Waals surface area contributed by atoms with E-state index in [4.69, 9.17) is 4.74 Å². The Balaban J connectivity index is 1.64. The van der Waals surface area contributed by atoms with E-state index >= 15 is 0 Å². The van der Waals surface area contributed by atoms with Crippen LogP contribution in [0.2, 0.25) is 0 Å². The monoisotopic (exact) mass is 301 g/mol. The molecule has 0 saturated heterocycles. The van der Waals surface area contributed by atoms with Crippen LogP contribution in [0.25, 0.3) is 11.4 Å². The first-order valence-corrected chi connectivity index (χ1v) is 7.54. The number of hydrogen-bond acceptors (Lipinski definition) is 4. The number of rotatable bonds is 3. The average Bonchev–Trinajstić information content (AvgIpc) is 3.14. The van der Waals surface area contributed by atoms with Gasteiger partial charge in [0.25, 0.3) is 0 Å². The Kier molecular flexibility index (Phi) is 3.56. The summed E-state index contributed by atoms with van der Waals surface area (Å²) in [6.45, 7) is 0.550. The Morgan fingerprint density at radius 2 is 1.57 bits per heavy atom. The van der Waals surface area contributed by atoms with Crippen LogP contribution in [0, 0.1) is 0 Å². The molecule has 2 aromatic heterocycles. The van der Waals surface area contributed by atoms with Crippen molar-refractivity contribution < 1.29 is 4.74 Å². The van der Waals surface area contributed by atoms with E-state index in [0.29, 0.717) is 12.5 Å². The lowest BCUT2D eigenvalue weighted by atomic mass is 10.1. The Labute approximate surface area is 134 Å². The molecule has 0 bridgehead atoms. The average molecular weight is 301 g/mol. The fourth-order valence-electron chi connectivity index (χ4n) is 2.57. The molecular weight excluding hydrogens is 286 g/mol. The number of nitrogens with zero attached hydrogens (tertiary/aromatic N) is 3. The van der Waals surface area contributed by atoms with Crippen LogP contribution < -0.4 is 0 Å². The molecule has 0 unspecified atom stereocenters. The van der Waals surface area contributed by atoms with Crippen molar-refractivity contribution in [3.63, 3.8) is 0 Å². The molecule has 112 valence electrons. The molecule has 4 heteroatoms. The number of aromatic nitrogens is 2. The van der Waals surface area contributed by atoms with Gasteiger partial charge in [-0.05, 0) is 29.8 Å². The van der Waals surface area contributed by atoms with Crippen molar-refractivity contribution in [2.75, 3.05) is 6.61 Å². The fourth-order valence-corrected chi connectivity index (χ4v) is 2.57. The molecular formula is C19H15N3O. The van der Waals surface area contributed by atoms with Crippen LogP contribution in [0.1, 0.15) is 17.3 Å². The van der Waals surface area contributed by atoms with E-state index in [2.05, 4.69) is 27.1 Å². The minimum absolute atomic E-state index is 0.0338. The lowest BCUT2D eigenvalue weighted by molar-refractivity contribution is 0.319. The molecule has 0 aliphatic carbocycles. The van der Waals surface area contributed by atoms with Gasteiger partial charge in [0.05, 0.1) is 11.4 Å². The van der Waals surface area contributed by atoms with Gasteiger partial charge in [-0.25, -0.2) is 9.98 Å². The fraction of sp³-hybridized carbons (Fsp3) is 0.105. The van der Waals surface area contributed by atoms with Gasteiger partial charge in [-0.2, -0.15) is 0 Å². The van der Waals surface area contributed by atoms with Crippen LogP contribution in [0.15, 0.2) is 77.9 Å². The number of aliphatic imine (C=N–C) groups is 1. The summed E-state index contributed by atoms with van der Waals surface area (Å²) in [4.78, 5) is 13.6. The van der Waals surface area contributed by atoms with Crippen molar-refractivity contribution in [1.82, 2.24) is 9.97 Å². The smallest absolute Gasteiger partial charge is 0.236 e. The molecule has 0 radical (unpaired) electrons. The Bertz CT molecular complexity index is 832. The SMILES string of the molecule is c1ccc([C@@H]2COC(c3cccc(-c4ccccn4)n3)=N2)cc1. The number of pyridine rings is 2. The van der Waals surface area contributed by atoms with Crippen molar-refractivity contribution in [2.24, 2.45) is 4.99 Å². The molecule has 4 rings (SSSR count). The number of benzene rings is 1. The van der Waals surface area contributed by atoms with E-state index in [1.165, 1.54) is 0 Å². The molecule has 0 N–H and O–H groups in total. The first-order chi connectivity index (χ1) is 11.4. The van der Waals surface area contributed by atoms with Crippen LogP contribution in [0.4, 0.5) is 0 Å². The quantitative estimate of drug-likeness (QED) is 0.741. The second-order valence-corrected chi connectivity index (χ2v) is 5.29. The number of hydrogen-bond donors (Lipinski definition) is 0. The van der Waals surface area contributed by atoms with Crippen LogP contribution in [-0.4, -0.2) is 22.5 Å². The zero-order valence-corrected chi connectivity index (χ0v) is 12.5. The zero-order chi connectivity index (χ0) is 15.5. The third kappa shape index (κ3) is 2.83. The molecule has 4 nitrogen and oxygen atoms in total. The number of ether oxygens (including phenoxy) is 1. The third-order valence-electron chi connectivity index (χ3n) is 3.73. The van der Waals surface area contributed by atoms with Crippen LogP contribution in [0.5, 0.6) is 0 Å². The van der Waals surface area contributed by atoms with Gasteiger partial charge >= 0.3 is 0 Å². The maximum atomic E-state index is 5.76. The largest absolute Gasteiger partial charge is 0.474 e. The van der Waals surface area contributed by atoms with Gasteiger partial charge in [0.1, 0.15) is 18.3 Å². The van der Waals surface area contributed by atoms with Gasteiger partial charge in [0.2, 0.25) is 5.90 Å². The van der Waals surface area contributed by atoms with Crippen LogP contribution >= 0.6 is 0 Å². The molecule has 0 fully saturated rings. The van der Waals surface area contributed by atoms with Gasteiger partial charge in [-0.15, -0.1) is 0 Å². The molecule has 0 spiro atoms. The molecule has 3 aromatic rings. The lowest BCUT2D eigenvalue weighted by Crippen LogP contribution is -2.04. The standard InChI is InChI=1S/C19H15N3O/c1-2-7-14(8-3-1)18-13-23-19(22-18)17-11-6-10-16(21-17)15-9-4-5-12-20-15/h1-12,18H,13H2/t18-/m0/s1. The maximum absolute atomic E-state index is 5.76. The van der Waals surface area contributed by atoms with Crippen LogP contribution in [0.3, 0.4) is 0 Å². The molecule has 0 amide bonds. The summed E-state index contributed by atoms with van der Waals surface area (Å²) in [5, 5.41) is 0. The predicted molar refractivity (Wildman–Crippen MR) is 89.1 cm³/mol. The first kappa shape index (κ1) is 13.6. The molecule has 1 aromatic carbocycles. The van der Waals surface area contributed by atoms with Crippen molar-refractivity contribution in [1.29, 1.82) is 0 Å². The van der Waals surface area contributed by atoms with Crippen molar-refractivity contribution in [2.45, 2.75) is 6.04 Å². The van der Waals surface area contributed by atoms with E-state index in [1.54, 1.807) is 6.20 Å². The summed E-state index contributed by atoms with van der Waals surface area (Å²) in [5.74, 6) is 0.594. The molecule has 0 saturated carbocycles. The summed E-state index contributed by atoms with van der Waals surface area (Å²) >= 11 is 0. The van der Waals surface area contributed by atoms with Crippen molar-refractivity contribution >= 4 is 5.90 Å². The third-order valence-corrected chi connectivity index (χ3v) is 3.73. The van der Waals surface area contributed by atoms with E-state index in [9.17, 15) is 0 Å². The molecule has 1 aliphatic heterocycles. The maximum Gasteiger partial charge on any atom is 0.236 e. The van der Waals surface area contributed by atoms with Gasteiger partial charge in [0.15, 0.2) is 0 Å². The van der Waals surface area contributed by atoms with Crippen molar-refractivity contribution in [3.05, 3.63) is 84.2 Å². The highest BCUT2D eigenvalue weighted by atomic mass is 16.5. The summed E-state index contributed by atoms with van der Waals surface area (Å²) in [5.41, 5.74) is 3.56. The van der Waals surface area contributed by atoms with Gasteiger partial charge < -0.3 is 4.74 Å². The predicted octanol–water partition coefficient (Wildman–Crippen LogP) is 3.66. The Morgan fingerprint density at radius 3 is 2.39 bits per heavy atom. The zero-order valence-electron chi connectivity index (χ0n) is 12.5. The normalized spacial score (nSPS) is 16.7. The van der Waals surface area contributed by atoms with Gasteiger partial charge in [-0.3, -0.25) is 4.98 Å². The highest BCUT2D eigenvalue weighted by Crippen LogP contribution is 2.25. The lowest BCUT2D eigenvalue weighted by Gasteiger charge is -2.04.